The van der Waals surface area contributed by atoms with Crippen LogP contribution in [0.15, 0.2) is 67.0 Å². The molecule has 1 aromatic heterocycles. The molecule has 0 saturated carbocycles. The van der Waals surface area contributed by atoms with E-state index < -0.39 is 6.10 Å². The Morgan fingerprint density at radius 3 is 2.35 bits per heavy atom. The molecule has 3 nitrogen and oxygen atoms in total. The Kier molecular flexibility index (Phi) is 3.35. The van der Waals surface area contributed by atoms with Crippen molar-refractivity contribution in [2.75, 3.05) is 0 Å². The van der Waals surface area contributed by atoms with Gasteiger partial charge in [0, 0.05) is 11.8 Å². The van der Waals surface area contributed by atoms with E-state index in [9.17, 15) is 5.11 Å². The number of benzene rings is 2. The lowest BCUT2D eigenvalue weighted by molar-refractivity contribution is 0.220. The molecule has 2 aromatic carbocycles. The number of rotatable bonds is 3. The molecule has 1 atom stereocenters. The topological polar surface area (TPSA) is 38.1 Å². The SMILES string of the molecule is Cc1ccc(C(O)c2cnn(-c3ccccc3)c2)cc1. The minimum atomic E-state index is -0.645. The van der Waals surface area contributed by atoms with Crippen molar-refractivity contribution in [2.24, 2.45) is 0 Å². The Hall–Kier alpha value is -2.39. The summed E-state index contributed by atoms with van der Waals surface area (Å²) >= 11 is 0. The van der Waals surface area contributed by atoms with Crippen LogP contribution in [0.3, 0.4) is 0 Å². The predicted molar refractivity (Wildman–Crippen MR) is 78.8 cm³/mol. The number of aliphatic hydroxyl groups excluding tert-OH is 1. The molecule has 3 heteroatoms. The second kappa shape index (κ2) is 5.31. The van der Waals surface area contributed by atoms with Gasteiger partial charge in [0.1, 0.15) is 6.10 Å². The minimum absolute atomic E-state index is 0.645. The molecule has 100 valence electrons. The van der Waals surface area contributed by atoms with Gasteiger partial charge >= 0.3 is 0 Å². The molecule has 1 N–H and O–H groups in total. The van der Waals surface area contributed by atoms with Gasteiger partial charge in [-0.1, -0.05) is 48.0 Å². The van der Waals surface area contributed by atoms with Crippen molar-refractivity contribution in [3.63, 3.8) is 0 Å². The van der Waals surface area contributed by atoms with E-state index in [4.69, 9.17) is 0 Å². The predicted octanol–water partition coefficient (Wildman–Crippen LogP) is 3.26. The van der Waals surface area contributed by atoms with Gasteiger partial charge in [0.2, 0.25) is 0 Å². The van der Waals surface area contributed by atoms with Crippen LogP contribution in [0.25, 0.3) is 5.69 Å². The lowest BCUT2D eigenvalue weighted by atomic mass is 10.0. The lowest BCUT2D eigenvalue weighted by Crippen LogP contribution is -1.98. The average molecular weight is 264 g/mol. The number of aliphatic hydroxyl groups is 1. The van der Waals surface area contributed by atoms with Crippen LogP contribution >= 0.6 is 0 Å². The first-order valence-electron chi connectivity index (χ1n) is 6.58. The van der Waals surface area contributed by atoms with Crippen molar-refractivity contribution in [3.05, 3.63) is 83.7 Å². The van der Waals surface area contributed by atoms with E-state index in [-0.39, 0.29) is 0 Å². The van der Waals surface area contributed by atoms with Crippen LogP contribution in [-0.4, -0.2) is 14.9 Å². The van der Waals surface area contributed by atoms with Crippen LogP contribution in [0.5, 0.6) is 0 Å². The van der Waals surface area contributed by atoms with Crippen molar-refractivity contribution >= 4 is 0 Å². The Labute approximate surface area is 118 Å². The molecule has 20 heavy (non-hydrogen) atoms. The number of nitrogens with zero attached hydrogens (tertiary/aromatic N) is 2. The maximum atomic E-state index is 10.4. The van der Waals surface area contributed by atoms with E-state index >= 15 is 0 Å². The average Bonchev–Trinajstić information content (AvgIpc) is 2.98. The Morgan fingerprint density at radius 1 is 0.950 bits per heavy atom. The van der Waals surface area contributed by atoms with Crippen molar-refractivity contribution in [1.29, 1.82) is 0 Å². The summed E-state index contributed by atoms with van der Waals surface area (Å²) in [5, 5.41) is 14.7. The van der Waals surface area contributed by atoms with E-state index in [1.807, 2.05) is 67.7 Å². The summed E-state index contributed by atoms with van der Waals surface area (Å²) in [5.74, 6) is 0. The zero-order chi connectivity index (χ0) is 13.9. The van der Waals surface area contributed by atoms with Crippen molar-refractivity contribution in [2.45, 2.75) is 13.0 Å². The highest BCUT2D eigenvalue weighted by Crippen LogP contribution is 2.22. The lowest BCUT2D eigenvalue weighted by Gasteiger charge is -2.08. The molecule has 0 aliphatic heterocycles. The maximum absolute atomic E-state index is 10.4. The number of para-hydroxylation sites is 1. The van der Waals surface area contributed by atoms with E-state index in [0.29, 0.717) is 0 Å². The van der Waals surface area contributed by atoms with Crippen LogP contribution in [-0.2, 0) is 0 Å². The Morgan fingerprint density at radius 2 is 1.65 bits per heavy atom. The standard InChI is InChI=1S/C17H16N2O/c1-13-7-9-14(10-8-13)17(20)15-11-18-19(12-15)16-5-3-2-4-6-16/h2-12,17,20H,1H3. The van der Waals surface area contributed by atoms with Gasteiger partial charge in [-0.3, -0.25) is 0 Å². The molecule has 0 aliphatic rings. The van der Waals surface area contributed by atoms with Crippen LogP contribution in [0.2, 0.25) is 0 Å². The van der Waals surface area contributed by atoms with Gasteiger partial charge in [0.25, 0.3) is 0 Å². The molecule has 1 heterocycles. The van der Waals surface area contributed by atoms with Gasteiger partial charge in [0.05, 0.1) is 11.9 Å². The molecule has 0 amide bonds. The summed E-state index contributed by atoms with van der Waals surface area (Å²) in [5.41, 5.74) is 3.83. The second-order valence-electron chi connectivity index (χ2n) is 4.87. The van der Waals surface area contributed by atoms with E-state index in [1.54, 1.807) is 10.9 Å². The quantitative estimate of drug-likeness (QED) is 0.788. The van der Waals surface area contributed by atoms with Gasteiger partial charge < -0.3 is 5.11 Å². The Bertz CT molecular complexity index is 687. The first kappa shape index (κ1) is 12.6. The summed E-state index contributed by atoms with van der Waals surface area (Å²) in [7, 11) is 0. The fourth-order valence-corrected chi connectivity index (χ4v) is 2.14. The monoisotopic (exact) mass is 264 g/mol. The molecule has 0 spiro atoms. The minimum Gasteiger partial charge on any atom is -0.384 e. The van der Waals surface area contributed by atoms with Crippen LogP contribution in [0.4, 0.5) is 0 Å². The number of aryl methyl sites for hydroxylation is 1. The summed E-state index contributed by atoms with van der Waals surface area (Å²) in [6.07, 6.45) is 2.92. The number of aromatic nitrogens is 2. The summed E-state index contributed by atoms with van der Waals surface area (Å²) in [6, 6.07) is 17.7. The van der Waals surface area contributed by atoms with Gasteiger partial charge in [-0.2, -0.15) is 5.10 Å². The molecule has 0 saturated heterocycles. The van der Waals surface area contributed by atoms with Crippen LogP contribution in [0, 0.1) is 6.92 Å². The van der Waals surface area contributed by atoms with Gasteiger partial charge in [-0.05, 0) is 24.6 Å². The molecule has 3 aromatic rings. The van der Waals surface area contributed by atoms with E-state index in [2.05, 4.69) is 5.10 Å². The molecular weight excluding hydrogens is 248 g/mol. The fourth-order valence-electron chi connectivity index (χ4n) is 2.14. The van der Waals surface area contributed by atoms with Gasteiger partial charge in [-0.25, -0.2) is 4.68 Å². The molecule has 0 radical (unpaired) electrons. The van der Waals surface area contributed by atoms with E-state index in [0.717, 1.165) is 16.8 Å². The highest BCUT2D eigenvalue weighted by atomic mass is 16.3. The first-order valence-corrected chi connectivity index (χ1v) is 6.58. The largest absolute Gasteiger partial charge is 0.384 e. The third-order valence-electron chi connectivity index (χ3n) is 3.33. The van der Waals surface area contributed by atoms with Crippen molar-refractivity contribution in [1.82, 2.24) is 9.78 Å². The smallest absolute Gasteiger partial charge is 0.107 e. The molecule has 0 aliphatic carbocycles. The second-order valence-corrected chi connectivity index (χ2v) is 4.87. The van der Waals surface area contributed by atoms with Crippen LogP contribution in [0.1, 0.15) is 22.8 Å². The third-order valence-corrected chi connectivity index (χ3v) is 3.33. The number of hydrogen-bond donors (Lipinski definition) is 1. The molecule has 0 bridgehead atoms. The normalized spacial score (nSPS) is 12.3. The zero-order valence-electron chi connectivity index (χ0n) is 11.3. The molecule has 3 rings (SSSR count). The van der Waals surface area contributed by atoms with E-state index in [1.165, 1.54) is 5.56 Å². The van der Waals surface area contributed by atoms with Gasteiger partial charge in [0.15, 0.2) is 0 Å². The van der Waals surface area contributed by atoms with Gasteiger partial charge in [-0.15, -0.1) is 0 Å². The summed E-state index contributed by atoms with van der Waals surface area (Å²) in [6.45, 7) is 2.03. The molecule has 0 fully saturated rings. The third kappa shape index (κ3) is 2.49. The summed E-state index contributed by atoms with van der Waals surface area (Å²) in [4.78, 5) is 0. The highest BCUT2D eigenvalue weighted by molar-refractivity contribution is 5.34. The van der Waals surface area contributed by atoms with Crippen molar-refractivity contribution in [3.8, 4) is 5.69 Å². The molecular formula is C17H16N2O. The zero-order valence-corrected chi connectivity index (χ0v) is 11.3. The first-order chi connectivity index (χ1) is 9.74. The Balaban J connectivity index is 1.88. The van der Waals surface area contributed by atoms with Crippen LogP contribution < -0.4 is 0 Å². The summed E-state index contributed by atoms with van der Waals surface area (Å²) < 4.78 is 1.77. The number of hydrogen-bond acceptors (Lipinski definition) is 2. The highest BCUT2D eigenvalue weighted by Gasteiger charge is 2.12. The fraction of sp³-hybridized carbons (Fsp3) is 0.118. The maximum Gasteiger partial charge on any atom is 0.107 e. The van der Waals surface area contributed by atoms with Crippen molar-refractivity contribution < 1.29 is 5.11 Å². The molecule has 1 unspecified atom stereocenters.